The lowest BCUT2D eigenvalue weighted by Crippen LogP contribution is -2.17. The summed E-state index contributed by atoms with van der Waals surface area (Å²) in [6, 6.07) is 20.7. The van der Waals surface area contributed by atoms with Crippen molar-refractivity contribution in [2.45, 2.75) is 13.0 Å². The highest BCUT2D eigenvalue weighted by atomic mass is 16.3. The van der Waals surface area contributed by atoms with E-state index in [1.54, 1.807) is 0 Å². The molecule has 0 unspecified atom stereocenters. The van der Waals surface area contributed by atoms with E-state index in [0.717, 1.165) is 18.7 Å². The second-order valence-electron chi connectivity index (χ2n) is 5.49. The van der Waals surface area contributed by atoms with Crippen LogP contribution in [0.4, 0.5) is 0 Å². The highest BCUT2D eigenvalue weighted by Crippen LogP contribution is 2.19. The first-order valence-electron chi connectivity index (χ1n) is 7.74. The monoisotopic (exact) mass is 304 g/mol. The molecule has 23 heavy (non-hydrogen) atoms. The predicted octanol–water partition coefficient (Wildman–Crippen LogP) is 3.53. The number of rotatable bonds is 5. The van der Waals surface area contributed by atoms with Gasteiger partial charge in [0, 0.05) is 31.1 Å². The molecule has 0 bridgehead atoms. The summed E-state index contributed by atoms with van der Waals surface area (Å²) < 4.78 is 0. The van der Waals surface area contributed by atoms with E-state index >= 15 is 0 Å². The molecule has 3 rings (SSSR count). The number of hydrogen-bond acceptors (Lipinski definition) is 3. The van der Waals surface area contributed by atoms with Crippen LogP contribution in [-0.2, 0) is 13.0 Å². The molecule has 0 atom stereocenters. The SMILES string of the molecule is OCC1=NC=C(Cc2ccccc2)N(Cc2ccccc2)C=C1. The molecule has 3 nitrogen and oxygen atoms in total. The molecule has 0 saturated heterocycles. The van der Waals surface area contributed by atoms with E-state index in [1.807, 2.05) is 54.9 Å². The number of aliphatic hydroxyl groups excluding tert-OH is 1. The number of nitrogens with zero attached hydrogens (tertiary/aromatic N) is 2. The van der Waals surface area contributed by atoms with Crippen molar-refractivity contribution in [1.82, 2.24) is 4.90 Å². The van der Waals surface area contributed by atoms with Crippen molar-refractivity contribution in [2.75, 3.05) is 6.61 Å². The van der Waals surface area contributed by atoms with E-state index in [9.17, 15) is 5.11 Å². The van der Waals surface area contributed by atoms with E-state index in [0.29, 0.717) is 5.71 Å². The van der Waals surface area contributed by atoms with Gasteiger partial charge in [-0.2, -0.15) is 0 Å². The topological polar surface area (TPSA) is 35.8 Å². The second kappa shape index (κ2) is 7.56. The maximum atomic E-state index is 9.34. The van der Waals surface area contributed by atoms with Crippen molar-refractivity contribution in [1.29, 1.82) is 0 Å². The van der Waals surface area contributed by atoms with Gasteiger partial charge in [-0.25, -0.2) is 0 Å². The molecule has 116 valence electrons. The molecule has 0 spiro atoms. The van der Waals surface area contributed by atoms with Crippen molar-refractivity contribution in [2.24, 2.45) is 4.99 Å². The second-order valence-corrected chi connectivity index (χ2v) is 5.49. The summed E-state index contributed by atoms with van der Waals surface area (Å²) in [5.41, 5.74) is 4.27. The average molecular weight is 304 g/mol. The minimum Gasteiger partial charge on any atom is -0.390 e. The Bertz CT molecular complexity index is 718. The summed E-state index contributed by atoms with van der Waals surface area (Å²) in [7, 11) is 0. The Kier molecular flexibility index (Phi) is 5.02. The van der Waals surface area contributed by atoms with Gasteiger partial charge in [0.15, 0.2) is 0 Å². The summed E-state index contributed by atoms with van der Waals surface area (Å²) in [5, 5.41) is 9.34. The van der Waals surface area contributed by atoms with E-state index in [-0.39, 0.29) is 6.61 Å². The smallest absolute Gasteiger partial charge is 0.0853 e. The Morgan fingerprint density at radius 1 is 0.870 bits per heavy atom. The van der Waals surface area contributed by atoms with Crippen molar-refractivity contribution in [3.63, 3.8) is 0 Å². The van der Waals surface area contributed by atoms with Gasteiger partial charge in [-0.3, -0.25) is 4.99 Å². The summed E-state index contributed by atoms with van der Waals surface area (Å²) >= 11 is 0. The van der Waals surface area contributed by atoms with Crippen LogP contribution in [0, 0.1) is 0 Å². The number of hydrogen-bond donors (Lipinski definition) is 1. The minimum absolute atomic E-state index is 0.0508. The zero-order valence-electron chi connectivity index (χ0n) is 13.0. The molecule has 1 N–H and O–H groups in total. The van der Waals surface area contributed by atoms with Gasteiger partial charge < -0.3 is 10.0 Å². The molecule has 0 aromatic heterocycles. The Labute approximate surface area is 136 Å². The summed E-state index contributed by atoms with van der Waals surface area (Å²) in [4.78, 5) is 6.58. The van der Waals surface area contributed by atoms with Crippen LogP contribution >= 0.6 is 0 Å². The van der Waals surface area contributed by atoms with Crippen LogP contribution in [0.2, 0.25) is 0 Å². The molecule has 3 heteroatoms. The third kappa shape index (κ3) is 4.18. The van der Waals surface area contributed by atoms with Gasteiger partial charge in [0.2, 0.25) is 0 Å². The normalized spacial score (nSPS) is 14.2. The van der Waals surface area contributed by atoms with Crippen molar-refractivity contribution in [3.8, 4) is 0 Å². The molecule has 1 aliphatic heterocycles. The van der Waals surface area contributed by atoms with Gasteiger partial charge in [0.05, 0.1) is 12.3 Å². The number of aliphatic imine (C=N–C) groups is 1. The molecular weight excluding hydrogens is 284 g/mol. The zero-order chi connectivity index (χ0) is 15.9. The number of allylic oxidation sites excluding steroid dienone is 1. The van der Waals surface area contributed by atoms with Gasteiger partial charge in [-0.1, -0.05) is 60.7 Å². The van der Waals surface area contributed by atoms with Crippen molar-refractivity contribution < 1.29 is 5.11 Å². The largest absolute Gasteiger partial charge is 0.390 e. The van der Waals surface area contributed by atoms with Gasteiger partial charge in [0.25, 0.3) is 0 Å². The third-order valence-corrected chi connectivity index (χ3v) is 3.78. The summed E-state index contributed by atoms with van der Waals surface area (Å²) in [6.45, 7) is 0.731. The lowest BCUT2D eigenvalue weighted by atomic mass is 10.1. The van der Waals surface area contributed by atoms with Crippen molar-refractivity contribution >= 4 is 5.71 Å². The Morgan fingerprint density at radius 3 is 2.17 bits per heavy atom. The van der Waals surface area contributed by atoms with Crippen LogP contribution in [0.25, 0.3) is 0 Å². The summed E-state index contributed by atoms with van der Waals surface area (Å²) in [5.74, 6) is 0. The number of aliphatic hydroxyl groups is 1. The third-order valence-electron chi connectivity index (χ3n) is 3.78. The molecule has 0 amide bonds. The molecule has 0 saturated carbocycles. The molecule has 1 heterocycles. The van der Waals surface area contributed by atoms with Gasteiger partial charge in [-0.15, -0.1) is 0 Å². The predicted molar refractivity (Wildman–Crippen MR) is 93.9 cm³/mol. The van der Waals surface area contributed by atoms with Gasteiger partial charge >= 0.3 is 0 Å². The van der Waals surface area contributed by atoms with Gasteiger partial charge in [-0.05, 0) is 17.2 Å². The molecule has 2 aromatic rings. The van der Waals surface area contributed by atoms with E-state index in [1.165, 1.54) is 11.1 Å². The molecular formula is C20H20N2O. The fourth-order valence-corrected chi connectivity index (χ4v) is 2.53. The summed E-state index contributed by atoms with van der Waals surface area (Å²) in [6.07, 6.45) is 6.54. The number of benzene rings is 2. The van der Waals surface area contributed by atoms with E-state index in [4.69, 9.17) is 0 Å². The van der Waals surface area contributed by atoms with E-state index in [2.05, 4.69) is 34.2 Å². The fraction of sp³-hybridized carbons (Fsp3) is 0.150. The molecule has 1 aliphatic rings. The Balaban J connectivity index is 1.85. The van der Waals surface area contributed by atoms with Crippen LogP contribution in [-0.4, -0.2) is 22.3 Å². The maximum absolute atomic E-state index is 9.34. The molecule has 0 radical (unpaired) electrons. The Morgan fingerprint density at radius 2 is 1.52 bits per heavy atom. The minimum atomic E-state index is -0.0508. The highest BCUT2D eigenvalue weighted by molar-refractivity contribution is 5.96. The molecule has 2 aromatic carbocycles. The quantitative estimate of drug-likeness (QED) is 0.917. The maximum Gasteiger partial charge on any atom is 0.0853 e. The molecule has 0 aliphatic carbocycles. The first kappa shape index (κ1) is 15.3. The lowest BCUT2D eigenvalue weighted by molar-refractivity contribution is 0.358. The first-order valence-corrected chi connectivity index (χ1v) is 7.74. The van der Waals surface area contributed by atoms with Gasteiger partial charge in [0.1, 0.15) is 0 Å². The standard InChI is InChI=1S/C20H20N2O/c23-16-19-11-12-22(15-18-9-5-2-6-10-18)20(14-21-19)13-17-7-3-1-4-8-17/h1-12,14,23H,13,15-16H2. The zero-order valence-corrected chi connectivity index (χ0v) is 13.0. The van der Waals surface area contributed by atoms with E-state index < -0.39 is 0 Å². The lowest BCUT2D eigenvalue weighted by Gasteiger charge is -2.23. The average Bonchev–Trinajstić information content (AvgIpc) is 2.79. The van der Waals surface area contributed by atoms with Crippen molar-refractivity contribution in [3.05, 3.63) is 96.0 Å². The van der Waals surface area contributed by atoms with Crippen LogP contribution in [0.5, 0.6) is 0 Å². The Hall–Kier alpha value is -2.65. The van der Waals surface area contributed by atoms with Crippen LogP contribution < -0.4 is 0 Å². The molecule has 0 fully saturated rings. The fourth-order valence-electron chi connectivity index (χ4n) is 2.53. The van der Waals surface area contributed by atoms with Crippen LogP contribution in [0.15, 0.2) is 89.8 Å². The first-order chi connectivity index (χ1) is 11.3. The highest BCUT2D eigenvalue weighted by Gasteiger charge is 2.11. The van der Waals surface area contributed by atoms with Crippen LogP contribution in [0.3, 0.4) is 0 Å². The van der Waals surface area contributed by atoms with Crippen LogP contribution in [0.1, 0.15) is 11.1 Å².